The van der Waals surface area contributed by atoms with Gasteiger partial charge in [0.2, 0.25) is 0 Å². The SMILES string of the molecule is CC(=O)C1CCC(N=C(C)C(=CN)C(=O)N(CC(=O)c2c(Cl)cc(C(F)F)cc2Cl)Cc2cc(F)cc(F)c2)CC1. The lowest BCUT2D eigenvalue weighted by Gasteiger charge is -2.26. The lowest BCUT2D eigenvalue weighted by Crippen LogP contribution is -2.38. The van der Waals surface area contributed by atoms with Gasteiger partial charge in [-0.3, -0.25) is 19.4 Å². The zero-order valence-corrected chi connectivity index (χ0v) is 23.9. The molecule has 2 aromatic rings. The lowest BCUT2D eigenvalue weighted by atomic mass is 9.84. The highest BCUT2D eigenvalue weighted by Gasteiger charge is 2.28. The normalized spacial score (nSPS) is 18.0. The van der Waals surface area contributed by atoms with Gasteiger partial charge < -0.3 is 10.6 Å². The maximum Gasteiger partial charge on any atom is 0.263 e. The molecule has 1 fully saturated rings. The molecule has 0 spiro atoms. The minimum absolute atomic E-state index is 0.0190. The van der Waals surface area contributed by atoms with E-state index in [4.69, 9.17) is 28.9 Å². The van der Waals surface area contributed by atoms with E-state index in [0.717, 1.165) is 35.4 Å². The summed E-state index contributed by atoms with van der Waals surface area (Å²) in [7, 11) is 0. The first-order valence-electron chi connectivity index (χ1n) is 12.8. The van der Waals surface area contributed by atoms with E-state index in [1.165, 1.54) is 0 Å². The third-order valence-corrected chi connectivity index (χ3v) is 7.54. The molecule has 1 saturated carbocycles. The molecule has 220 valence electrons. The van der Waals surface area contributed by atoms with Crippen molar-refractivity contribution in [2.45, 2.75) is 58.5 Å². The number of rotatable bonds is 10. The fraction of sp³-hybridized carbons (Fsp3) is 0.379. The second-order valence-corrected chi connectivity index (χ2v) is 10.7. The molecule has 2 N–H and O–H groups in total. The monoisotopic (exact) mass is 613 g/mol. The topological polar surface area (TPSA) is 92.8 Å². The van der Waals surface area contributed by atoms with Gasteiger partial charge in [0.1, 0.15) is 17.4 Å². The van der Waals surface area contributed by atoms with Gasteiger partial charge in [0.05, 0.1) is 33.8 Å². The van der Waals surface area contributed by atoms with Crippen LogP contribution in [0.25, 0.3) is 0 Å². The Balaban J connectivity index is 1.92. The Morgan fingerprint density at radius 2 is 1.56 bits per heavy atom. The molecule has 3 rings (SSSR count). The highest BCUT2D eigenvalue weighted by atomic mass is 35.5. The van der Waals surface area contributed by atoms with Crippen LogP contribution < -0.4 is 5.73 Å². The standard InChI is InChI=1S/C29H29Cl2F4N3O3/c1-15(37-22-5-3-18(4-6-22)16(2)39)23(12-36)29(41)38(13-17-7-20(32)11-21(33)8-17)14-26(40)27-24(30)9-19(28(34)35)10-25(27)31/h7-12,18,22,28H,3-6,13-14,36H2,1-2H3. The first kappa shape index (κ1) is 32.3. The fourth-order valence-electron chi connectivity index (χ4n) is 4.83. The number of Topliss-reactive ketones (excluding diaryl/α,β-unsaturated/α-hetero) is 2. The van der Waals surface area contributed by atoms with Crippen molar-refractivity contribution >= 4 is 46.4 Å². The maximum absolute atomic E-state index is 13.9. The van der Waals surface area contributed by atoms with E-state index < -0.39 is 48.4 Å². The fourth-order valence-corrected chi connectivity index (χ4v) is 5.55. The molecule has 0 aromatic heterocycles. The predicted molar refractivity (Wildman–Crippen MR) is 149 cm³/mol. The second kappa shape index (κ2) is 14.1. The van der Waals surface area contributed by atoms with Crippen molar-refractivity contribution in [3.63, 3.8) is 0 Å². The van der Waals surface area contributed by atoms with E-state index in [1.807, 2.05) is 0 Å². The Morgan fingerprint density at radius 1 is 1.00 bits per heavy atom. The van der Waals surface area contributed by atoms with Gasteiger partial charge in [0.15, 0.2) is 5.78 Å². The maximum atomic E-state index is 13.9. The molecule has 0 heterocycles. The number of benzene rings is 2. The van der Waals surface area contributed by atoms with Crippen LogP contribution in [0, 0.1) is 17.6 Å². The number of nitrogens with zero attached hydrogens (tertiary/aromatic N) is 2. The molecule has 1 amide bonds. The van der Waals surface area contributed by atoms with Crippen LogP contribution >= 0.6 is 23.2 Å². The molecule has 0 aliphatic heterocycles. The van der Waals surface area contributed by atoms with Crippen LogP contribution in [0.1, 0.15) is 67.4 Å². The second-order valence-electron chi connectivity index (χ2n) is 9.93. The minimum Gasteiger partial charge on any atom is -0.404 e. The van der Waals surface area contributed by atoms with Crippen LogP contribution in [0.4, 0.5) is 17.6 Å². The van der Waals surface area contributed by atoms with Crippen LogP contribution in [0.5, 0.6) is 0 Å². The molecule has 2 aromatic carbocycles. The molecule has 0 unspecified atom stereocenters. The summed E-state index contributed by atoms with van der Waals surface area (Å²) in [6, 6.07) is 4.33. The quantitative estimate of drug-likeness (QED) is 0.137. The Hall–Kier alpha value is -3.24. The van der Waals surface area contributed by atoms with Gasteiger partial charge in [0, 0.05) is 36.0 Å². The lowest BCUT2D eigenvalue weighted by molar-refractivity contribution is -0.126. The van der Waals surface area contributed by atoms with Crippen LogP contribution in [0.3, 0.4) is 0 Å². The number of nitrogens with two attached hydrogens (primary N) is 1. The average molecular weight is 614 g/mol. The summed E-state index contributed by atoms with van der Waals surface area (Å²) in [4.78, 5) is 44.3. The van der Waals surface area contributed by atoms with Crippen LogP contribution in [0.15, 0.2) is 47.1 Å². The molecule has 1 aliphatic rings. The van der Waals surface area contributed by atoms with Crippen molar-refractivity contribution in [2.75, 3.05) is 6.54 Å². The van der Waals surface area contributed by atoms with E-state index in [-0.39, 0.29) is 50.2 Å². The molecule has 0 bridgehead atoms. The first-order chi connectivity index (χ1) is 19.3. The van der Waals surface area contributed by atoms with Crippen LogP contribution in [0.2, 0.25) is 10.0 Å². The van der Waals surface area contributed by atoms with Crippen molar-refractivity contribution in [3.05, 3.63) is 80.5 Å². The number of aliphatic imine (C=N–C) groups is 1. The summed E-state index contributed by atoms with van der Waals surface area (Å²) in [5.74, 6) is -3.23. The number of hydrogen-bond acceptors (Lipinski definition) is 5. The van der Waals surface area contributed by atoms with E-state index in [9.17, 15) is 31.9 Å². The summed E-state index contributed by atoms with van der Waals surface area (Å²) in [5.41, 5.74) is 5.31. The number of ketones is 2. The van der Waals surface area contributed by atoms with E-state index in [0.29, 0.717) is 31.7 Å². The smallest absolute Gasteiger partial charge is 0.263 e. The summed E-state index contributed by atoms with van der Waals surface area (Å²) in [6.45, 7) is 2.06. The molecular formula is C29H29Cl2F4N3O3. The molecule has 0 radical (unpaired) electrons. The van der Waals surface area contributed by atoms with Gasteiger partial charge in [-0.1, -0.05) is 23.2 Å². The summed E-state index contributed by atoms with van der Waals surface area (Å²) in [5, 5.41) is -0.675. The van der Waals surface area contributed by atoms with Gasteiger partial charge >= 0.3 is 0 Å². The molecule has 0 atom stereocenters. The van der Waals surface area contributed by atoms with E-state index >= 15 is 0 Å². The molecule has 0 saturated heterocycles. The van der Waals surface area contributed by atoms with Gasteiger partial charge in [-0.25, -0.2) is 17.6 Å². The summed E-state index contributed by atoms with van der Waals surface area (Å²) in [6.07, 6.45) is 0.776. The van der Waals surface area contributed by atoms with Gasteiger partial charge in [0.25, 0.3) is 12.3 Å². The van der Waals surface area contributed by atoms with Gasteiger partial charge in [-0.05, 0) is 69.4 Å². The van der Waals surface area contributed by atoms with Crippen molar-refractivity contribution in [3.8, 4) is 0 Å². The van der Waals surface area contributed by atoms with Crippen LogP contribution in [-0.4, -0.2) is 40.7 Å². The third-order valence-electron chi connectivity index (χ3n) is 6.95. The zero-order chi connectivity index (χ0) is 30.4. The molecule has 12 heteroatoms. The number of carbonyl (C=O) groups is 3. The number of halogens is 6. The summed E-state index contributed by atoms with van der Waals surface area (Å²) < 4.78 is 54.2. The van der Waals surface area contributed by atoms with Crippen molar-refractivity contribution in [1.29, 1.82) is 0 Å². The van der Waals surface area contributed by atoms with Crippen LogP contribution in [-0.2, 0) is 16.1 Å². The Kier molecular flexibility index (Phi) is 11.1. The average Bonchev–Trinajstić information content (AvgIpc) is 2.87. The highest BCUT2D eigenvalue weighted by molar-refractivity contribution is 6.40. The molecule has 41 heavy (non-hydrogen) atoms. The van der Waals surface area contributed by atoms with Gasteiger partial charge in [-0.2, -0.15) is 0 Å². The Bertz CT molecular complexity index is 1350. The number of hydrogen-bond donors (Lipinski definition) is 1. The number of amides is 1. The van der Waals surface area contributed by atoms with Gasteiger partial charge in [-0.15, -0.1) is 0 Å². The van der Waals surface area contributed by atoms with Crippen molar-refractivity contribution < 1.29 is 31.9 Å². The Morgan fingerprint density at radius 3 is 2.05 bits per heavy atom. The molecular weight excluding hydrogens is 585 g/mol. The van der Waals surface area contributed by atoms with Crippen molar-refractivity contribution in [2.24, 2.45) is 16.6 Å². The third kappa shape index (κ3) is 8.39. The highest BCUT2D eigenvalue weighted by Crippen LogP contribution is 2.32. The zero-order valence-electron chi connectivity index (χ0n) is 22.4. The number of alkyl halides is 2. The molecule has 6 nitrogen and oxygen atoms in total. The first-order valence-corrected chi connectivity index (χ1v) is 13.6. The minimum atomic E-state index is -2.88. The summed E-state index contributed by atoms with van der Waals surface area (Å²) >= 11 is 12.2. The Labute approximate surface area is 245 Å². The predicted octanol–water partition coefficient (Wildman–Crippen LogP) is 6.87. The van der Waals surface area contributed by atoms with Crippen molar-refractivity contribution in [1.82, 2.24) is 4.90 Å². The largest absolute Gasteiger partial charge is 0.404 e. The molecule has 1 aliphatic carbocycles. The van der Waals surface area contributed by atoms with E-state index in [2.05, 4.69) is 4.99 Å². The van der Waals surface area contributed by atoms with E-state index in [1.54, 1.807) is 13.8 Å². The number of carbonyl (C=O) groups excluding carboxylic acids is 3.